The molecule has 0 radical (unpaired) electrons. The summed E-state index contributed by atoms with van der Waals surface area (Å²) in [4.78, 5) is 22.1. The maximum Gasteiger partial charge on any atom is 0.292 e. The maximum absolute atomic E-state index is 11.8. The molecule has 1 saturated heterocycles. The molecule has 1 unspecified atom stereocenters. The number of amides is 1. The highest BCUT2D eigenvalue weighted by Crippen LogP contribution is 2.28. The number of anilines is 1. The molecule has 0 aliphatic carbocycles. The van der Waals surface area contributed by atoms with Gasteiger partial charge < -0.3 is 5.32 Å². The van der Waals surface area contributed by atoms with Gasteiger partial charge in [-0.3, -0.25) is 20.2 Å². The summed E-state index contributed by atoms with van der Waals surface area (Å²) in [5, 5.41) is 16.7. The van der Waals surface area contributed by atoms with E-state index in [9.17, 15) is 14.9 Å². The second kappa shape index (κ2) is 5.55. The van der Waals surface area contributed by atoms with Gasteiger partial charge in [-0.1, -0.05) is 11.6 Å². The van der Waals surface area contributed by atoms with Crippen molar-refractivity contribution in [3.05, 3.63) is 33.3 Å². The number of carbonyl (C=O) groups excluding carboxylic acids is 1. The third-order valence-corrected chi connectivity index (χ3v) is 3.62. The molecule has 1 aromatic rings. The molecule has 2 rings (SSSR count). The number of hydrogen-bond acceptors (Lipinski definition) is 5. The van der Waals surface area contributed by atoms with Gasteiger partial charge in [0.1, 0.15) is 5.69 Å². The fraction of sp³-hybridized carbons (Fsp3) is 0.300. The number of nitro benzene ring substituents is 1. The molecule has 0 bridgehead atoms. The lowest BCUT2D eigenvalue weighted by Crippen LogP contribution is -2.37. The van der Waals surface area contributed by atoms with Gasteiger partial charge in [-0.2, -0.15) is 0 Å². The first-order valence-corrected chi connectivity index (χ1v) is 6.67. The number of nitrogens with one attached hydrogen (secondary N) is 2. The Morgan fingerprint density at radius 1 is 1.61 bits per heavy atom. The lowest BCUT2D eigenvalue weighted by Gasteiger charge is -2.10. The van der Waals surface area contributed by atoms with E-state index in [1.807, 2.05) is 0 Å². The standard InChI is InChI=1S/C10H10ClN3O3S/c11-6-1-2-9(14(16)17)7(3-6)13-10(15)8-4-18-5-12-8/h1-3,8,12H,4-5H2,(H,13,15). The van der Waals surface area contributed by atoms with Crippen LogP contribution in [-0.4, -0.2) is 28.5 Å². The Labute approximate surface area is 112 Å². The molecule has 1 aromatic carbocycles. The molecule has 0 aromatic heterocycles. The summed E-state index contributed by atoms with van der Waals surface area (Å²) in [5.41, 5.74) is -0.0467. The summed E-state index contributed by atoms with van der Waals surface area (Å²) in [6.45, 7) is 0. The number of halogens is 1. The van der Waals surface area contributed by atoms with Gasteiger partial charge in [0.15, 0.2) is 0 Å². The first-order valence-electron chi connectivity index (χ1n) is 5.14. The highest BCUT2D eigenvalue weighted by atomic mass is 35.5. The number of nitro groups is 1. The Morgan fingerprint density at radius 3 is 3.00 bits per heavy atom. The zero-order valence-electron chi connectivity index (χ0n) is 9.18. The molecular weight excluding hydrogens is 278 g/mol. The third kappa shape index (κ3) is 2.92. The molecule has 1 amide bonds. The normalized spacial score (nSPS) is 18.6. The summed E-state index contributed by atoms with van der Waals surface area (Å²) in [6.07, 6.45) is 0. The van der Waals surface area contributed by atoms with Crippen LogP contribution < -0.4 is 10.6 Å². The average Bonchev–Trinajstić information content (AvgIpc) is 2.81. The van der Waals surface area contributed by atoms with Crippen molar-refractivity contribution in [3.63, 3.8) is 0 Å². The molecule has 1 heterocycles. The zero-order valence-corrected chi connectivity index (χ0v) is 10.8. The molecule has 18 heavy (non-hydrogen) atoms. The molecule has 1 aliphatic heterocycles. The SMILES string of the molecule is O=C(Nc1cc(Cl)ccc1[N+](=O)[O-])C1CSCN1. The van der Waals surface area contributed by atoms with Crippen LogP contribution in [0.5, 0.6) is 0 Å². The average molecular weight is 288 g/mol. The van der Waals surface area contributed by atoms with Crippen LogP contribution >= 0.6 is 23.4 Å². The lowest BCUT2D eigenvalue weighted by atomic mass is 10.2. The molecule has 1 fully saturated rings. The van der Waals surface area contributed by atoms with Gasteiger partial charge in [0.2, 0.25) is 5.91 Å². The van der Waals surface area contributed by atoms with Gasteiger partial charge in [-0.25, -0.2) is 0 Å². The van der Waals surface area contributed by atoms with Gasteiger partial charge >= 0.3 is 0 Å². The third-order valence-electron chi connectivity index (χ3n) is 2.45. The van der Waals surface area contributed by atoms with Crippen molar-refractivity contribution in [1.82, 2.24) is 5.32 Å². The van der Waals surface area contributed by atoms with Crippen LogP contribution in [0, 0.1) is 10.1 Å². The van der Waals surface area contributed by atoms with Crippen LogP contribution in [0.1, 0.15) is 0 Å². The predicted molar refractivity (Wildman–Crippen MR) is 71.0 cm³/mol. The summed E-state index contributed by atoms with van der Waals surface area (Å²) in [5.74, 6) is 1.07. The molecule has 8 heteroatoms. The first kappa shape index (κ1) is 13.1. The maximum atomic E-state index is 11.8. The van der Waals surface area contributed by atoms with Crippen LogP contribution in [0.2, 0.25) is 5.02 Å². The minimum atomic E-state index is -0.553. The van der Waals surface area contributed by atoms with Crippen LogP contribution in [0.25, 0.3) is 0 Å². The van der Waals surface area contributed by atoms with Gasteiger partial charge in [0, 0.05) is 22.7 Å². The van der Waals surface area contributed by atoms with E-state index in [1.54, 1.807) is 11.8 Å². The fourth-order valence-electron chi connectivity index (χ4n) is 1.55. The molecule has 96 valence electrons. The van der Waals surface area contributed by atoms with E-state index in [2.05, 4.69) is 10.6 Å². The second-order valence-corrected chi connectivity index (χ2v) is 5.15. The predicted octanol–water partition coefficient (Wildman–Crippen LogP) is 1.85. The number of benzene rings is 1. The van der Waals surface area contributed by atoms with Crippen molar-refractivity contribution in [2.24, 2.45) is 0 Å². The largest absolute Gasteiger partial charge is 0.319 e. The number of nitrogens with zero attached hydrogens (tertiary/aromatic N) is 1. The van der Waals surface area contributed by atoms with E-state index >= 15 is 0 Å². The highest BCUT2D eigenvalue weighted by Gasteiger charge is 2.25. The van der Waals surface area contributed by atoms with Crippen molar-refractivity contribution >= 4 is 40.6 Å². The van der Waals surface area contributed by atoms with Crippen molar-refractivity contribution < 1.29 is 9.72 Å². The van der Waals surface area contributed by atoms with Gasteiger partial charge in [0.05, 0.1) is 11.0 Å². The van der Waals surface area contributed by atoms with Crippen molar-refractivity contribution in [1.29, 1.82) is 0 Å². The molecule has 1 aliphatic rings. The Bertz CT molecular complexity index is 491. The van der Waals surface area contributed by atoms with E-state index in [0.717, 1.165) is 0 Å². The minimum absolute atomic E-state index is 0.121. The number of thioether (sulfide) groups is 1. The van der Waals surface area contributed by atoms with Crippen LogP contribution in [0.15, 0.2) is 18.2 Å². The fourth-order valence-corrected chi connectivity index (χ4v) is 2.66. The minimum Gasteiger partial charge on any atom is -0.319 e. The summed E-state index contributed by atoms with van der Waals surface area (Å²) < 4.78 is 0. The Balaban J connectivity index is 2.19. The first-order chi connectivity index (χ1) is 8.58. The molecule has 0 spiro atoms. The Morgan fingerprint density at radius 2 is 2.39 bits per heavy atom. The van der Waals surface area contributed by atoms with E-state index in [1.165, 1.54) is 18.2 Å². The lowest BCUT2D eigenvalue weighted by molar-refractivity contribution is -0.383. The topological polar surface area (TPSA) is 84.3 Å². The van der Waals surface area contributed by atoms with Crippen LogP contribution in [-0.2, 0) is 4.79 Å². The van der Waals surface area contributed by atoms with E-state index in [0.29, 0.717) is 16.7 Å². The summed E-state index contributed by atoms with van der Waals surface area (Å²) in [7, 11) is 0. The molecule has 2 N–H and O–H groups in total. The molecular formula is C10H10ClN3O3S. The van der Waals surface area contributed by atoms with Gasteiger partial charge in [0.25, 0.3) is 5.69 Å². The quantitative estimate of drug-likeness (QED) is 0.655. The second-order valence-electron chi connectivity index (χ2n) is 3.68. The number of carbonyl (C=O) groups is 1. The summed E-state index contributed by atoms with van der Waals surface area (Å²) >= 11 is 7.37. The summed E-state index contributed by atoms with van der Waals surface area (Å²) in [6, 6.07) is 3.74. The van der Waals surface area contributed by atoms with Gasteiger partial charge in [-0.05, 0) is 12.1 Å². The number of hydrogen-bond donors (Lipinski definition) is 2. The van der Waals surface area contributed by atoms with Crippen molar-refractivity contribution in [2.75, 3.05) is 16.9 Å². The Hall–Kier alpha value is -1.31. The Kier molecular flexibility index (Phi) is 4.05. The van der Waals surface area contributed by atoms with Crippen molar-refractivity contribution in [3.8, 4) is 0 Å². The van der Waals surface area contributed by atoms with Gasteiger partial charge in [-0.15, -0.1) is 11.8 Å². The number of rotatable bonds is 3. The van der Waals surface area contributed by atoms with E-state index < -0.39 is 4.92 Å². The van der Waals surface area contributed by atoms with Crippen LogP contribution in [0.3, 0.4) is 0 Å². The monoisotopic (exact) mass is 287 g/mol. The zero-order chi connectivity index (χ0) is 13.1. The molecule has 1 atom stereocenters. The molecule has 0 saturated carbocycles. The molecule has 6 nitrogen and oxygen atoms in total. The van der Waals surface area contributed by atoms with E-state index in [-0.39, 0.29) is 23.3 Å². The van der Waals surface area contributed by atoms with Crippen molar-refractivity contribution in [2.45, 2.75) is 6.04 Å². The van der Waals surface area contributed by atoms with Crippen LogP contribution in [0.4, 0.5) is 11.4 Å². The highest BCUT2D eigenvalue weighted by molar-refractivity contribution is 7.99. The smallest absolute Gasteiger partial charge is 0.292 e. The van der Waals surface area contributed by atoms with E-state index in [4.69, 9.17) is 11.6 Å².